The van der Waals surface area contributed by atoms with Crippen LogP contribution in [0.1, 0.15) is 0 Å². The van der Waals surface area contributed by atoms with Crippen LogP contribution in [0.3, 0.4) is 0 Å². The molecule has 0 aliphatic heterocycles. The van der Waals surface area contributed by atoms with E-state index in [1.165, 1.54) is 10.1 Å². The molecule has 7 aromatic carbocycles. The van der Waals surface area contributed by atoms with Gasteiger partial charge >= 0.3 is 0 Å². The lowest BCUT2D eigenvalue weighted by molar-refractivity contribution is 0.673. The molecule has 0 saturated carbocycles. The highest BCUT2D eigenvalue weighted by atomic mass is 32.1. The molecule has 46 heavy (non-hydrogen) atoms. The van der Waals surface area contributed by atoms with Gasteiger partial charge in [0.2, 0.25) is 0 Å². The third-order valence-corrected chi connectivity index (χ3v) is 10.1. The van der Waals surface area contributed by atoms with E-state index in [4.69, 9.17) is 19.4 Å². The predicted molar refractivity (Wildman–Crippen MR) is 191 cm³/mol. The fourth-order valence-electron chi connectivity index (χ4n) is 6.81. The van der Waals surface area contributed by atoms with E-state index < -0.39 is 0 Å². The standard InChI is InChI=1S/C41H23N3OS/c1-3-15-26-24(11-1)13-9-19-29(26)39-42-40(30-20-10-14-25-12-2-4-16-27(25)30)44-41(43-39)33-23-32-28-17-5-7-21-34(28)45-37(32)36-31-18-6-8-22-35(31)46-38(33)36/h1-23H. The molecule has 214 valence electrons. The quantitative estimate of drug-likeness (QED) is 0.201. The van der Waals surface area contributed by atoms with E-state index in [0.29, 0.717) is 17.5 Å². The number of fused-ring (bicyclic) bond motifs is 9. The van der Waals surface area contributed by atoms with Gasteiger partial charge in [0.1, 0.15) is 11.2 Å². The van der Waals surface area contributed by atoms with Crippen LogP contribution in [0, 0.1) is 0 Å². The maximum absolute atomic E-state index is 6.56. The van der Waals surface area contributed by atoms with Gasteiger partial charge in [0.15, 0.2) is 17.5 Å². The van der Waals surface area contributed by atoms with E-state index in [-0.39, 0.29) is 0 Å². The van der Waals surface area contributed by atoms with E-state index >= 15 is 0 Å². The maximum atomic E-state index is 6.56. The van der Waals surface area contributed by atoms with Gasteiger partial charge in [0.25, 0.3) is 0 Å². The number of rotatable bonds is 3. The molecule has 0 N–H and O–H groups in total. The van der Waals surface area contributed by atoms with E-state index in [1.54, 1.807) is 11.3 Å². The molecule has 5 heteroatoms. The van der Waals surface area contributed by atoms with Crippen LogP contribution in [0.25, 0.3) is 97.8 Å². The molecule has 0 radical (unpaired) electrons. The number of benzene rings is 7. The van der Waals surface area contributed by atoms with Gasteiger partial charge in [-0.2, -0.15) is 0 Å². The van der Waals surface area contributed by atoms with Crippen LogP contribution in [0.4, 0.5) is 0 Å². The van der Waals surface area contributed by atoms with Crippen molar-refractivity contribution in [1.29, 1.82) is 0 Å². The average Bonchev–Trinajstić information content (AvgIpc) is 3.69. The first-order valence-electron chi connectivity index (χ1n) is 15.3. The van der Waals surface area contributed by atoms with Crippen molar-refractivity contribution in [3.05, 3.63) is 140 Å². The van der Waals surface area contributed by atoms with Gasteiger partial charge in [-0.25, -0.2) is 15.0 Å². The summed E-state index contributed by atoms with van der Waals surface area (Å²) in [4.78, 5) is 15.7. The van der Waals surface area contributed by atoms with Crippen molar-refractivity contribution in [3.8, 4) is 34.2 Å². The summed E-state index contributed by atoms with van der Waals surface area (Å²) in [7, 11) is 0. The summed E-state index contributed by atoms with van der Waals surface area (Å²) < 4.78 is 8.86. The van der Waals surface area contributed by atoms with Crippen LogP contribution < -0.4 is 0 Å². The normalized spacial score (nSPS) is 11.9. The van der Waals surface area contributed by atoms with Crippen LogP contribution >= 0.6 is 11.3 Å². The summed E-state index contributed by atoms with van der Waals surface area (Å²) in [6.45, 7) is 0. The van der Waals surface area contributed by atoms with Gasteiger partial charge in [0.05, 0.1) is 4.70 Å². The van der Waals surface area contributed by atoms with Crippen molar-refractivity contribution in [2.24, 2.45) is 0 Å². The maximum Gasteiger partial charge on any atom is 0.165 e. The molecule has 3 aromatic heterocycles. The highest BCUT2D eigenvalue weighted by Gasteiger charge is 2.22. The molecule has 4 nitrogen and oxygen atoms in total. The Morgan fingerprint density at radius 3 is 1.63 bits per heavy atom. The Bertz CT molecular complexity index is 2720. The summed E-state index contributed by atoms with van der Waals surface area (Å²) >= 11 is 1.76. The molecular weight excluding hydrogens is 583 g/mol. The summed E-state index contributed by atoms with van der Waals surface area (Å²) in [6.07, 6.45) is 0. The van der Waals surface area contributed by atoms with Gasteiger partial charge < -0.3 is 4.42 Å². The van der Waals surface area contributed by atoms with E-state index in [0.717, 1.165) is 70.3 Å². The SMILES string of the molecule is c1ccc2c(-c3nc(-c4cccc5ccccc45)nc(-c4cc5c6ccccc6oc5c5c4sc4ccccc45)n3)cccc2c1. The van der Waals surface area contributed by atoms with Crippen LogP contribution in [0.15, 0.2) is 144 Å². The average molecular weight is 606 g/mol. The molecular formula is C41H23N3OS. The number of aromatic nitrogens is 3. The number of hydrogen-bond donors (Lipinski definition) is 0. The van der Waals surface area contributed by atoms with Gasteiger partial charge in [-0.15, -0.1) is 11.3 Å². The first-order chi connectivity index (χ1) is 22.8. The molecule has 0 unspecified atom stereocenters. The number of thiophene rings is 1. The van der Waals surface area contributed by atoms with Crippen LogP contribution in [0.2, 0.25) is 0 Å². The third-order valence-electron chi connectivity index (χ3n) is 8.93. The van der Waals surface area contributed by atoms with Crippen molar-refractivity contribution >= 4 is 75.0 Å². The lowest BCUT2D eigenvalue weighted by Crippen LogP contribution is -2.01. The van der Waals surface area contributed by atoms with Gasteiger partial charge in [-0.05, 0) is 39.7 Å². The Balaban J connectivity index is 1.35. The highest BCUT2D eigenvalue weighted by molar-refractivity contribution is 7.26. The van der Waals surface area contributed by atoms with Gasteiger partial charge in [0, 0.05) is 42.9 Å². The minimum absolute atomic E-state index is 0.643. The Morgan fingerprint density at radius 1 is 0.435 bits per heavy atom. The van der Waals surface area contributed by atoms with E-state index in [1.807, 2.05) is 12.1 Å². The number of hydrogen-bond acceptors (Lipinski definition) is 5. The van der Waals surface area contributed by atoms with Crippen LogP contribution in [-0.2, 0) is 0 Å². The van der Waals surface area contributed by atoms with Crippen LogP contribution in [-0.4, -0.2) is 15.0 Å². The monoisotopic (exact) mass is 605 g/mol. The Morgan fingerprint density at radius 2 is 0.957 bits per heavy atom. The smallest absolute Gasteiger partial charge is 0.165 e. The number of furan rings is 1. The van der Waals surface area contributed by atoms with Crippen molar-refractivity contribution in [3.63, 3.8) is 0 Å². The van der Waals surface area contributed by atoms with E-state index in [2.05, 4.69) is 127 Å². The first kappa shape index (κ1) is 25.4. The van der Waals surface area contributed by atoms with Crippen molar-refractivity contribution in [2.75, 3.05) is 0 Å². The fraction of sp³-hybridized carbons (Fsp3) is 0. The lowest BCUT2D eigenvalue weighted by Gasteiger charge is -2.12. The molecule has 0 aliphatic rings. The molecule has 3 heterocycles. The highest BCUT2D eigenvalue weighted by Crippen LogP contribution is 2.46. The summed E-state index contributed by atoms with van der Waals surface area (Å²) in [5, 5.41) is 8.91. The molecule has 0 amide bonds. The minimum Gasteiger partial charge on any atom is -0.455 e. The minimum atomic E-state index is 0.643. The lowest BCUT2D eigenvalue weighted by atomic mass is 10.0. The van der Waals surface area contributed by atoms with Crippen LogP contribution in [0.5, 0.6) is 0 Å². The molecule has 0 bridgehead atoms. The molecule has 10 aromatic rings. The summed E-state index contributed by atoms with van der Waals surface area (Å²) in [6, 6.07) is 48.4. The molecule has 0 saturated heterocycles. The fourth-order valence-corrected chi connectivity index (χ4v) is 8.02. The topological polar surface area (TPSA) is 51.8 Å². The zero-order chi connectivity index (χ0) is 30.2. The predicted octanol–water partition coefficient (Wildman–Crippen LogP) is 11.4. The number of para-hydroxylation sites is 1. The molecule has 0 fully saturated rings. The van der Waals surface area contributed by atoms with Crippen molar-refractivity contribution in [1.82, 2.24) is 15.0 Å². The van der Waals surface area contributed by atoms with Gasteiger partial charge in [-0.3, -0.25) is 0 Å². The molecule has 0 aliphatic carbocycles. The molecule has 0 atom stereocenters. The second-order valence-electron chi connectivity index (χ2n) is 11.6. The number of nitrogens with zero attached hydrogens (tertiary/aromatic N) is 3. The molecule has 0 spiro atoms. The van der Waals surface area contributed by atoms with Gasteiger partial charge in [-0.1, -0.05) is 121 Å². The zero-order valence-electron chi connectivity index (χ0n) is 24.4. The molecule has 10 rings (SSSR count). The van der Waals surface area contributed by atoms with Crippen molar-refractivity contribution < 1.29 is 4.42 Å². The van der Waals surface area contributed by atoms with E-state index in [9.17, 15) is 0 Å². The summed E-state index contributed by atoms with van der Waals surface area (Å²) in [5.74, 6) is 1.94. The second-order valence-corrected chi connectivity index (χ2v) is 12.6. The van der Waals surface area contributed by atoms with Crippen molar-refractivity contribution in [2.45, 2.75) is 0 Å². The summed E-state index contributed by atoms with van der Waals surface area (Å²) in [5.41, 5.74) is 4.70. The Labute approximate surface area is 267 Å². The Hall–Kier alpha value is -5.91. The largest absolute Gasteiger partial charge is 0.455 e. The Kier molecular flexibility index (Phi) is 5.41. The second kappa shape index (κ2) is 9.80. The third kappa shape index (κ3) is 3.76. The zero-order valence-corrected chi connectivity index (χ0v) is 25.3. The first-order valence-corrected chi connectivity index (χ1v) is 16.1.